The van der Waals surface area contributed by atoms with Gasteiger partial charge in [0.1, 0.15) is 25.5 Å². The van der Waals surface area contributed by atoms with Crippen molar-refractivity contribution in [3.05, 3.63) is 0 Å². The molecule has 200 valence electrons. The lowest BCUT2D eigenvalue weighted by Gasteiger charge is -2.31. The fraction of sp³-hybridized carbons (Fsp3) is 0.966. The Hall–Kier alpha value is -0.120. The van der Waals surface area contributed by atoms with E-state index in [1.165, 1.54) is 116 Å². The van der Waals surface area contributed by atoms with Crippen LogP contribution in [0, 0.1) is 0 Å². The number of carbonyl (C=O) groups excluding carboxylic acids is 1. The van der Waals surface area contributed by atoms with Crippen LogP contribution in [-0.2, 0) is 9.63 Å². The first-order valence-electron chi connectivity index (χ1n) is 14.6. The Kier molecular flexibility index (Phi) is 28.1. The van der Waals surface area contributed by atoms with Crippen LogP contribution in [0.4, 0.5) is 0 Å². The molecule has 0 aliphatic heterocycles. The van der Waals surface area contributed by atoms with E-state index in [0.29, 0.717) is 23.5 Å². The summed E-state index contributed by atoms with van der Waals surface area (Å²) in [4.78, 5) is 18.4. The lowest BCUT2D eigenvalue weighted by atomic mass is 10.0. The quantitative estimate of drug-likeness (QED) is 0.0822. The van der Waals surface area contributed by atoms with Crippen LogP contribution in [0.1, 0.15) is 156 Å². The molecule has 0 aromatic heterocycles. The van der Waals surface area contributed by atoms with Crippen LogP contribution in [0.25, 0.3) is 0 Å². The maximum absolute atomic E-state index is 12.2. The average Bonchev–Trinajstić information content (AvgIpc) is 2.79. The number of quaternary nitrogens is 1. The van der Waals surface area contributed by atoms with Crippen molar-refractivity contribution >= 4 is 5.78 Å². The topological polar surface area (TPSA) is 26.3 Å². The predicted octanol–water partition coefficient (Wildman–Crippen LogP) is 6.19. The number of halogens is 1. The first-order valence-corrected chi connectivity index (χ1v) is 14.6. The van der Waals surface area contributed by atoms with Gasteiger partial charge >= 0.3 is 0 Å². The third-order valence-corrected chi connectivity index (χ3v) is 6.81. The largest absolute Gasteiger partial charge is 1.00 e. The third-order valence-electron chi connectivity index (χ3n) is 6.81. The van der Waals surface area contributed by atoms with Gasteiger partial charge in [-0.25, -0.2) is 4.84 Å². The van der Waals surface area contributed by atoms with Crippen molar-refractivity contribution in [1.82, 2.24) is 0 Å². The summed E-state index contributed by atoms with van der Waals surface area (Å²) in [6, 6.07) is 0. The molecular weight excluding hydrogens is 430 g/mol. The van der Waals surface area contributed by atoms with Gasteiger partial charge < -0.3 is 12.4 Å². The Bertz CT molecular complexity index is 395. The van der Waals surface area contributed by atoms with E-state index in [4.69, 9.17) is 4.84 Å². The Morgan fingerprint density at radius 3 is 1.30 bits per heavy atom. The standard InChI is InChI=1S/C29H60NO2.ClH/c1-5-8-11-12-13-14-15-16-17-18-19-20-21-22-23-24-29(31)25-28-32-30(4,26-9-6-2)27-10-7-3;/h5-28H2,1-4H3;1H/q+1;/p-1. The van der Waals surface area contributed by atoms with Gasteiger partial charge in [-0.3, -0.25) is 4.79 Å². The molecule has 0 aliphatic carbocycles. The zero-order chi connectivity index (χ0) is 23.8. The summed E-state index contributed by atoms with van der Waals surface area (Å²) in [5, 5.41) is 0. The maximum atomic E-state index is 12.2. The molecular formula is C29H60ClNO2. The number of nitrogens with zero attached hydrogens (tertiary/aromatic N) is 1. The first kappa shape index (κ1) is 35.0. The molecule has 0 N–H and O–H groups in total. The first-order chi connectivity index (χ1) is 15.6. The number of ketones is 1. The van der Waals surface area contributed by atoms with Crippen LogP contribution in [-0.4, -0.2) is 37.2 Å². The van der Waals surface area contributed by atoms with Gasteiger partial charge in [0.25, 0.3) is 0 Å². The van der Waals surface area contributed by atoms with Crippen molar-refractivity contribution < 1.29 is 26.7 Å². The van der Waals surface area contributed by atoms with Crippen molar-refractivity contribution in [2.45, 2.75) is 156 Å². The summed E-state index contributed by atoms with van der Waals surface area (Å²) in [7, 11) is 2.18. The zero-order valence-corrected chi connectivity index (χ0v) is 23.9. The summed E-state index contributed by atoms with van der Waals surface area (Å²) >= 11 is 0. The zero-order valence-electron chi connectivity index (χ0n) is 23.1. The van der Waals surface area contributed by atoms with Crippen LogP contribution < -0.4 is 12.4 Å². The maximum Gasteiger partial charge on any atom is 0.135 e. The van der Waals surface area contributed by atoms with Crippen LogP contribution in [0.5, 0.6) is 0 Å². The molecule has 0 saturated carbocycles. The molecule has 0 aromatic carbocycles. The van der Waals surface area contributed by atoms with E-state index in [9.17, 15) is 4.79 Å². The van der Waals surface area contributed by atoms with Gasteiger partial charge in [-0.05, 0) is 19.3 Å². The Balaban J connectivity index is 0. The monoisotopic (exact) mass is 489 g/mol. The molecule has 0 radical (unpaired) electrons. The molecule has 0 fully saturated rings. The molecule has 0 heterocycles. The summed E-state index contributed by atoms with van der Waals surface area (Å²) in [6.07, 6.45) is 26.6. The number of hydroxylamine groups is 3. The van der Waals surface area contributed by atoms with Gasteiger partial charge in [0, 0.05) is 12.8 Å². The number of Topliss-reactive ketones (excluding diaryl/α,β-unsaturated/α-hetero) is 1. The smallest absolute Gasteiger partial charge is 0.135 e. The molecule has 0 bridgehead atoms. The molecule has 0 saturated heterocycles. The van der Waals surface area contributed by atoms with Crippen molar-refractivity contribution in [1.29, 1.82) is 0 Å². The normalized spacial score (nSPS) is 11.5. The van der Waals surface area contributed by atoms with Crippen LogP contribution in [0.3, 0.4) is 0 Å². The molecule has 0 aromatic rings. The lowest BCUT2D eigenvalue weighted by molar-refractivity contribution is -1.09. The Labute approximate surface area is 214 Å². The second kappa shape index (κ2) is 26.5. The molecule has 33 heavy (non-hydrogen) atoms. The number of carbonyl (C=O) groups is 1. The molecule has 0 spiro atoms. The van der Waals surface area contributed by atoms with E-state index in [1.54, 1.807) is 0 Å². The highest BCUT2D eigenvalue weighted by Crippen LogP contribution is 2.15. The Morgan fingerprint density at radius 2 is 0.909 bits per heavy atom. The number of hydrogen-bond donors (Lipinski definition) is 0. The Morgan fingerprint density at radius 1 is 0.545 bits per heavy atom. The second-order valence-electron chi connectivity index (χ2n) is 10.3. The molecule has 0 aliphatic rings. The van der Waals surface area contributed by atoms with Gasteiger partial charge in [0.2, 0.25) is 0 Å². The van der Waals surface area contributed by atoms with Crippen LogP contribution in [0.2, 0.25) is 0 Å². The number of rotatable bonds is 26. The fourth-order valence-corrected chi connectivity index (χ4v) is 4.42. The fourth-order valence-electron chi connectivity index (χ4n) is 4.42. The van der Waals surface area contributed by atoms with Crippen LogP contribution >= 0.6 is 0 Å². The lowest BCUT2D eigenvalue weighted by Crippen LogP contribution is -3.00. The molecule has 0 amide bonds. The number of hydrogen-bond acceptors (Lipinski definition) is 2. The van der Waals surface area contributed by atoms with Crippen molar-refractivity contribution in [3.8, 4) is 0 Å². The van der Waals surface area contributed by atoms with E-state index in [2.05, 4.69) is 27.8 Å². The van der Waals surface area contributed by atoms with Gasteiger partial charge in [-0.15, -0.1) is 0 Å². The van der Waals surface area contributed by atoms with E-state index in [-0.39, 0.29) is 12.4 Å². The molecule has 0 rings (SSSR count). The minimum Gasteiger partial charge on any atom is -1.00 e. The van der Waals surface area contributed by atoms with Gasteiger partial charge in [0.05, 0.1) is 7.05 Å². The van der Waals surface area contributed by atoms with E-state index < -0.39 is 0 Å². The average molecular weight is 490 g/mol. The van der Waals surface area contributed by atoms with E-state index in [0.717, 1.165) is 25.9 Å². The van der Waals surface area contributed by atoms with E-state index >= 15 is 0 Å². The highest BCUT2D eigenvalue weighted by atomic mass is 35.5. The minimum atomic E-state index is 0. The molecule has 0 unspecified atom stereocenters. The molecule has 3 nitrogen and oxygen atoms in total. The molecule has 0 atom stereocenters. The summed E-state index contributed by atoms with van der Waals surface area (Å²) in [6.45, 7) is 9.44. The summed E-state index contributed by atoms with van der Waals surface area (Å²) < 4.78 is 0.675. The van der Waals surface area contributed by atoms with Crippen molar-refractivity contribution in [2.24, 2.45) is 0 Å². The molecule has 4 heteroatoms. The second-order valence-corrected chi connectivity index (χ2v) is 10.3. The van der Waals surface area contributed by atoms with Gasteiger partial charge in [0.15, 0.2) is 0 Å². The highest BCUT2D eigenvalue weighted by molar-refractivity contribution is 5.78. The van der Waals surface area contributed by atoms with E-state index in [1.807, 2.05) is 0 Å². The van der Waals surface area contributed by atoms with Crippen molar-refractivity contribution in [3.63, 3.8) is 0 Å². The van der Waals surface area contributed by atoms with Gasteiger partial charge in [-0.2, -0.15) is 4.65 Å². The number of unbranched alkanes of at least 4 members (excludes halogenated alkanes) is 16. The highest BCUT2D eigenvalue weighted by Gasteiger charge is 2.22. The van der Waals surface area contributed by atoms with Gasteiger partial charge in [-0.1, -0.05) is 124 Å². The SMILES string of the molecule is CCCCCCCCCCCCCCCCCC(=O)CCO[N+](C)(CCCC)CCCC.[Cl-]. The third kappa shape index (κ3) is 24.8. The summed E-state index contributed by atoms with van der Waals surface area (Å²) in [5.41, 5.74) is 0. The van der Waals surface area contributed by atoms with Crippen LogP contribution in [0.15, 0.2) is 0 Å². The minimum absolute atomic E-state index is 0. The van der Waals surface area contributed by atoms with Crippen molar-refractivity contribution in [2.75, 3.05) is 26.7 Å². The summed E-state index contributed by atoms with van der Waals surface area (Å²) in [5.74, 6) is 0.386. The predicted molar refractivity (Wildman–Crippen MR) is 141 cm³/mol.